The molecule has 3 nitrogen and oxygen atoms in total. The zero-order valence-corrected chi connectivity index (χ0v) is 12.8. The Labute approximate surface area is 122 Å². The molecule has 1 unspecified atom stereocenters. The molecule has 0 aromatic heterocycles. The van der Waals surface area contributed by atoms with Gasteiger partial charge in [0.1, 0.15) is 5.54 Å². The average Bonchev–Trinajstić information content (AvgIpc) is 2.40. The minimum Gasteiger partial charge on any atom is -0.354 e. The van der Waals surface area contributed by atoms with E-state index < -0.39 is 5.54 Å². The van der Waals surface area contributed by atoms with Crippen LogP contribution in [-0.2, 0) is 10.3 Å². The maximum Gasteiger partial charge on any atom is 0.244 e. The van der Waals surface area contributed by atoms with Crippen molar-refractivity contribution in [1.82, 2.24) is 5.32 Å². The maximum absolute atomic E-state index is 12.2. The Morgan fingerprint density at radius 2 is 1.79 bits per heavy atom. The number of rotatable bonds is 6. The molecule has 0 saturated heterocycles. The lowest BCUT2D eigenvalue weighted by Gasteiger charge is -2.25. The third-order valence-electron chi connectivity index (χ3n) is 3.55. The quantitative estimate of drug-likeness (QED) is 0.844. The molecule has 0 aliphatic heterocycles. The number of hydrogen-bond donors (Lipinski definition) is 2. The monoisotopic (exact) mass is 284 g/mol. The Morgan fingerprint density at radius 3 is 2.26 bits per heavy atom. The molecule has 4 heteroatoms. The van der Waals surface area contributed by atoms with Crippen LogP contribution >= 0.6 is 12.4 Å². The minimum atomic E-state index is -0.965. The molecule has 0 spiro atoms. The molecule has 0 fully saturated rings. The van der Waals surface area contributed by atoms with Gasteiger partial charge in [-0.15, -0.1) is 12.4 Å². The van der Waals surface area contributed by atoms with Gasteiger partial charge in [-0.3, -0.25) is 4.79 Å². The van der Waals surface area contributed by atoms with E-state index in [2.05, 4.69) is 19.2 Å². The maximum atomic E-state index is 12.2. The van der Waals surface area contributed by atoms with E-state index >= 15 is 0 Å². The molecule has 0 radical (unpaired) electrons. The molecule has 0 aliphatic rings. The molecule has 1 rings (SSSR count). The Kier molecular flexibility index (Phi) is 7.72. The van der Waals surface area contributed by atoms with Gasteiger partial charge in [0.25, 0.3) is 0 Å². The number of hydrogen-bond acceptors (Lipinski definition) is 2. The fourth-order valence-electron chi connectivity index (χ4n) is 1.91. The summed E-state index contributed by atoms with van der Waals surface area (Å²) in [6.45, 7) is 6.73. The standard InChI is InChI=1S/C15H24N2O.ClH/c1-4-12(5-2)11-17-14(18)15(3,16)13-9-7-6-8-10-13;/h6-10,12H,4-5,11,16H2,1-3H3,(H,17,18);1H. The molecule has 1 amide bonds. The fourth-order valence-corrected chi connectivity index (χ4v) is 1.91. The number of nitrogens with two attached hydrogens (primary N) is 1. The molecule has 108 valence electrons. The smallest absolute Gasteiger partial charge is 0.244 e. The number of amides is 1. The summed E-state index contributed by atoms with van der Waals surface area (Å²) >= 11 is 0. The highest BCUT2D eigenvalue weighted by Gasteiger charge is 2.30. The van der Waals surface area contributed by atoms with Crippen molar-refractivity contribution in [2.75, 3.05) is 6.54 Å². The Bertz CT molecular complexity index is 375. The number of benzene rings is 1. The van der Waals surface area contributed by atoms with Crippen LogP contribution in [0.15, 0.2) is 30.3 Å². The van der Waals surface area contributed by atoms with E-state index in [1.54, 1.807) is 6.92 Å². The van der Waals surface area contributed by atoms with E-state index in [-0.39, 0.29) is 18.3 Å². The molecular weight excluding hydrogens is 260 g/mol. The van der Waals surface area contributed by atoms with Crippen LogP contribution in [0.3, 0.4) is 0 Å². The zero-order valence-electron chi connectivity index (χ0n) is 12.0. The van der Waals surface area contributed by atoms with Crippen LogP contribution in [0.1, 0.15) is 39.2 Å². The zero-order chi connectivity index (χ0) is 13.6. The summed E-state index contributed by atoms with van der Waals surface area (Å²) in [6.07, 6.45) is 2.15. The van der Waals surface area contributed by atoms with Crippen molar-refractivity contribution in [3.63, 3.8) is 0 Å². The summed E-state index contributed by atoms with van der Waals surface area (Å²) in [5.74, 6) is 0.418. The third-order valence-corrected chi connectivity index (χ3v) is 3.55. The van der Waals surface area contributed by atoms with Crippen molar-refractivity contribution in [3.8, 4) is 0 Å². The highest BCUT2D eigenvalue weighted by atomic mass is 35.5. The first-order valence-corrected chi connectivity index (χ1v) is 6.65. The second-order valence-electron chi connectivity index (χ2n) is 4.96. The molecule has 0 bridgehead atoms. The van der Waals surface area contributed by atoms with Gasteiger partial charge in [0.05, 0.1) is 0 Å². The number of carbonyl (C=O) groups excluding carboxylic acids is 1. The first-order valence-electron chi connectivity index (χ1n) is 6.65. The molecule has 3 N–H and O–H groups in total. The summed E-state index contributed by atoms with van der Waals surface area (Å²) in [5, 5.41) is 2.96. The molecule has 0 heterocycles. The van der Waals surface area contributed by atoms with Crippen molar-refractivity contribution >= 4 is 18.3 Å². The lowest BCUT2D eigenvalue weighted by molar-refractivity contribution is -0.126. The van der Waals surface area contributed by atoms with Crippen LogP contribution in [0, 0.1) is 5.92 Å². The summed E-state index contributed by atoms with van der Waals surface area (Å²) in [4.78, 5) is 12.2. The van der Waals surface area contributed by atoms with Crippen LogP contribution in [0.2, 0.25) is 0 Å². The van der Waals surface area contributed by atoms with Crippen molar-refractivity contribution in [2.24, 2.45) is 11.7 Å². The second-order valence-corrected chi connectivity index (χ2v) is 4.96. The van der Waals surface area contributed by atoms with E-state index in [1.165, 1.54) is 0 Å². The topological polar surface area (TPSA) is 55.1 Å². The van der Waals surface area contributed by atoms with Gasteiger partial charge in [0.2, 0.25) is 5.91 Å². The van der Waals surface area contributed by atoms with E-state index in [9.17, 15) is 4.79 Å². The van der Waals surface area contributed by atoms with Crippen molar-refractivity contribution in [2.45, 2.75) is 39.2 Å². The first-order chi connectivity index (χ1) is 8.52. The molecule has 0 aliphatic carbocycles. The molecule has 1 aromatic carbocycles. The number of carbonyl (C=O) groups is 1. The van der Waals surface area contributed by atoms with Crippen molar-refractivity contribution < 1.29 is 4.79 Å². The average molecular weight is 285 g/mol. The number of nitrogens with one attached hydrogen (secondary N) is 1. The van der Waals surface area contributed by atoms with E-state index in [1.807, 2.05) is 30.3 Å². The molecule has 1 atom stereocenters. The van der Waals surface area contributed by atoms with Crippen LogP contribution in [0.5, 0.6) is 0 Å². The lowest BCUT2D eigenvalue weighted by Crippen LogP contribution is -2.50. The molecule has 1 aromatic rings. The van der Waals surface area contributed by atoms with Gasteiger partial charge in [-0.1, -0.05) is 57.0 Å². The fraction of sp³-hybridized carbons (Fsp3) is 0.533. The van der Waals surface area contributed by atoms with E-state index in [0.29, 0.717) is 12.5 Å². The Morgan fingerprint density at radius 1 is 1.26 bits per heavy atom. The van der Waals surface area contributed by atoms with Gasteiger partial charge in [0, 0.05) is 6.54 Å². The normalized spacial score (nSPS) is 13.5. The van der Waals surface area contributed by atoms with Gasteiger partial charge in [-0.25, -0.2) is 0 Å². The molecule has 19 heavy (non-hydrogen) atoms. The Balaban J connectivity index is 0.00000324. The van der Waals surface area contributed by atoms with E-state index in [0.717, 1.165) is 18.4 Å². The van der Waals surface area contributed by atoms with Gasteiger partial charge >= 0.3 is 0 Å². The summed E-state index contributed by atoms with van der Waals surface area (Å²) in [7, 11) is 0. The van der Waals surface area contributed by atoms with E-state index in [4.69, 9.17) is 5.73 Å². The van der Waals surface area contributed by atoms with Gasteiger partial charge in [-0.2, -0.15) is 0 Å². The van der Waals surface area contributed by atoms with Crippen LogP contribution in [-0.4, -0.2) is 12.5 Å². The largest absolute Gasteiger partial charge is 0.354 e. The summed E-state index contributed by atoms with van der Waals surface area (Å²) in [6, 6.07) is 9.48. The lowest BCUT2D eigenvalue weighted by atomic mass is 9.92. The highest BCUT2D eigenvalue weighted by molar-refractivity contribution is 5.87. The van der Waals surface area contributed by atoms with Crippen LogP contribution in [0.25, 0.3) is 0 Å². The van der Waals surface area contributed by atoms with Gasteiger partial charge in [-0.05, 0) is 18.4 Å². The Hall–Kier alpha value is -1.06. The van der Waals surface area contributed by atoms with Crippen LogP contribution in [0.4, 0.5) is 0 Å². The minimum absolute atomic E-state index is 0. The highest BCUT2D eigenvalue weighted by Crippen LogP contribution is 2.17. The van der Waals surface area contributed by atoms with Gasteiger partial charge in [0.15, 0.2) is 0 Å². The predicted molar refractivity (Wildman–Crippen MR) is 82.3 cm³/mol. The second kappa shape index (κ2) is 8.18. The molecule has 0 saturated carbocycles. The SMILES string of the molecule is CCC(CC)CNC(=O)C(C)(N)c1ccccc1.Cl. The van der Waals surface area contributed by atoms with Crippen molar-refractivity contribution in [3.05, 3.63) is 35.9 Å². The first kappa shape index (κ1) is 17.9. The predicted octanol–water partition coefficient (Wildman–Crippen LogP) is 2.83. The van der Waals surface area contributed by atoms with Crippen molar-refractivity contribution in [1.29, 1.82) is 0 Å². The van der Waals surface area contributed by atoms with Gasteiger partial charge < -0.3 is 11.1 Å². The van der Waals surface area contributed by atoms with Crippen LogP contribution < -0.4 is 11.1 Å². The third kappa shape index (κ3) is 4.84. The number of halogens is 1. The molecular formula is C15H25ClN2O. The summed E-state index contributed by atoms with van der Waals surface area (Å²) < 4.78 is 0. The summed E-state index contributed by atoms with van der Waals surface area (Å²) in [5.41, 5.74) is 6.01.